The van der Waals surface area contributed by atoms with Crippen LogP contribution >= 0.6 is 0 Å². The molecule has 1 unspecified atom stereocenters. The van der Waals surface area contributed by atoms with E-state index in [1.807, 2.05) is 0 Å². The van der Waals surface area contributed by atoms with Crippen molar-refractivity contribution in [1.82, 2.24) is 0 Å². The summed E-state index contributed by atoms with van der Waals surface area (Å²) in [6.45, 7) is 0. The van der Waals surface area contributed by atoms with Gasteiger partial charge in [0.15, 0.2) is 0 Å². The van der Waals surface area contributed by atoms with Gasteiger partial charge in [-0.2, -0.15) is 0 Å². The summed E-state index contributed by atoms with van der Waals surface area (Å²) in [5.74, 6) is 1.54. The van der Waals surface area contributed by atoms with Gasteiger partial charge >= 0.3 is 0 Å². The molecule has 1 nitrogen and oxygen atoms in total. The van der Waals surface area contributed by atoms with Gasteiger partial charge in [0.25, 0.3) is 0 Å². The van der Waals surface area contributed by atoms with Crippen molar-refractivity contribution in [2.75, 3.05) is 0 Å². The normalized spacial score (nSPS) is 28.8. The lowest BCUT2D eigenvalue weighted by molar-refractivity contribution is 0.0724. The van der Waals surface area contributed by atoms with Crippen molar-refractivity contribution in [3.8, 4) is 0 Å². The zero-order valence-corrected chi connectivity index (χ0v) is 7.84. The van der Waals surface area contributed by atoms with Crippen molar-refractivity contribution < 1.29 is 5.11 Å². The Hall–Kier alpha value is -0.0400. The van der Waals surface area contributed by atoms with Gasteiger partial charge in [-0.15, -0.1) is 0 Å². The molecular weight excluding hydrogens is 148 g/mol. The number of aliphatic hydroxyl groups is 1. The fraction of sp³-hybridized carbons (Fsp3) is 1.00. The molecule has 0 aromatic carbocycles. The minimum atomic E-state index is 0.0396. The maximum Gasteiger partial charge on any atom is 0.0571 e. The molecule has 0 saturated heterocycles. The molecule has 1 heteroatoms. The fourth-order valence-electron chi connectivity index (χ4n) is 2.41. The van der Waals surface area contributed by atoms with Crippen LogP contribution in [-0.2, 0) is 0 Å². The van der Waals surface area contributed by atoms with E-state index in [1.54, 1.807) is 0 Å². The first-order valence-corrected chi connectivity index (χ1v) is 5.54. The lowest BCUT2D eigenvalue weighted by atomic mass is 9.83. The van der Waals surface area contributed by atoms with Crippen molar-refractivity contribution in [3.05, 3.63) is 0 Å². The minimum Gasteiger partial charge on any atom is -0.393 e. The third-order valence-electron chi connectivity index (χ3n) is 3.47. The average Bonchev–Trinajstić information content (AvgIpc) is 2.90. The van der Waals surface area contributed by atoms with Crippen LogP contribution in [0.25, 0.3) is 0 Å². The highest BCUT2D eigenvalue weighted by Crippen LogP contribution is 2.37. The summed E-state index contributed by atoms with van der Waals surface area (Å²) in [7, 11) is 0. The third kappa shape index (κ3) is 2.22. The minimum absolute atomic E-state index is 0.0396. The van der Waals surface area contributed by atoms with Gasteiger partial charge in [0.2, 0.25) is 0 Å². The van der Waals surface area contributed by atoms with Crippen molar-refractivity contribution >= 4 is 0 Å². The molecule has 2 aliphatic rings. The Labute approximate surface area is 75.2 Å². The standard InChI is InChI=1S/C11H20O/c12-11(8-9-6-7-9)10-4-2-1-3-5-10/h9-12H,1-8H2. The van der Waals surface area contributed by atoms with Crippen LogP contribution in [0.5, 0.6) is 0 Å². The molecule has 0 aromatic heterocycles. The van der Waals surface area contributed by atoms with Crippen molar-refractivity contribution in [2.45, 2.75) is 57.5 Å². The van der Waals surface area contributed by atoms with E-state index < -0.39 is 0 Å². The highest BCUT2D eigenvalue weighted by Gasteiger charge is 2.29. The Balaban J connectivity index is 1.72. The second kappa shape index (κ2) is 3.78. The summed E-state index contributed by atoms with van der Waals surface area (Å²) in [4.78, 5) is 0. The van der Waals surface area contributed by atoms with E-state index in [-0.39, 0.29) is 6.10 Å². The van der Waals surface area contributed by atoms with Gasteiger partial charge in [0, 0.05) is 0 Å². The van der Waals surface area contributed by atoms with Gasteiger partial charge in [0.1, 0.15) is 0 Å². The van der Waals surface area contributed by atoms with Crippen LogP contribution in [0, 0.1) is 11.8 Å². The summed E-state index contributed by atoms with van der Waals surface area (Å²) in [6, 6.07) is 0. The molecule has 2 rings (SSSR count). The summed E-state index contributed by atoms with van der Waals surface area (Å²) < 4.78 is 0. The van der Waals surface area contributed by atoms with Gasteiger partial charge in [-0.25, -0.2) is 0 Å². The molecule has 1 atom stereocenters. The summed E-state index contributed by atoms with van der Waals surface area (Å²) >= 11 is 0. The Morgan fingerprint density at radius 3 is 2.25 bits per heavy atom. The predicted molar refractivity (Wildman–Crippen MR) is 49.9 cm³/mol. The van der Waals surface area contributed by atoms with Gasteiger partial charge in [-0.1, -0.05) is 32.1 Å². The van der Waals surface area contributed by atoms with E-state index in [1.165, 1.54) is 44.9 Å². The predicted octanol–water partition coefficient (Wildman–Crippen LogP) is 2.73. The zero-order chi connectivity index (χ0) is 8.39. The quantitative estimate of drug-likeness (QED) is 0.687. The molecular formula is C11H20O. The first kappa shape index (κ1) is 8.55. The largest absolute Gasteiger partial charge is 0.393 e. The highest BCUT2D eigenvalue weighted by atomic mass is 16.3. The number of rotatable bonds is 3. The van der Waals surface area contributed by atoms with Crippen LogP contribution in [0.1, 0.15) is 51.4 Å². The highest BCUT2D eigenvalue weighted by molar-refractivity contribution is 4.81. The monoisotopic (exact) mass is 168 g/mol. The molecule has 0 aromatic rings. The molecule has 2 fully saturated rings. The topological polar surface area (TPSA) is 20.2 Å². The van der Waals surface area contributed by atoms with Crippen molar-refractivity contribution in [3.63, 3.8) is 0 Å². The first-order chi connectivity index (χ1) is 5.86. The third-order valence-corrected chi connectivity index (χ3v) is 3.47. The molecule has 2 aliphatic carbocycles. The smallest absolute Gasteiger partial charge is 0.0571 e. The number of hydrogen-bond acceptors (Lipinski definition) is 1. The maximum absolute atomic E-state index is 9.88. The molecule has 1 N–H and O–H groups in total. The number of aliphatic hydroxyl groups excluding tert-OH is 1. The van der Waals surface area contributed by atoms with E-state index >= 15 is 0 Å². The van der Waals surface area contributed by atoms with E-state index in [0.29, 0.717) is 5.92 Å². The summed E-state index contributed by atoms with van der Waals surface area (Å²) in [5, 5.41) is 9.88. The maximum atomic E-state index is 9.88. The van der Waals surface area contributed by atoms with Crippen LogP contribution < -0.4 is 0 Å². The first-order valence-electron chi connectivity index (χ1n) is 5.54. The van der Waals surface area contributed by atoms with E-state index in [0.717, 1.165) is 12.3 Å². The zero-order valence-electron chi connectivity index (χ0n) is 7.84. The Bertz CT molecular complexity index is 134. The number of hydrogen-bond donors (Lipinski definition) is 1. The Morgan fingerprint density at radius 2 is 1.67 bits per heavy atom. The Morgan fingerprint density at radius 1 is 1.00 bits per heavy atom. The van der Waals surface area contributed by atoms with E-state index in [2.05, 4.69) is 0 Å². The lowest BCUT2D eigenvalue weighted by Gasteiger charge is -2.26. The van der Waals surface area contributed by atoms with Crippen LogP contribution in [0.3, 0.4) is 0 Å². The molecule has 0 heterocycles. The van der Waals surface area contributed by atoms with Gasteiger partial charge < -0.3 is 5.11 Å². The lowest BCUT2D eigenvalue weighted by Crippen LogP contribution is -2.23. The average molecular weight is 168 g/mol. The Kier molecular flexibility index (Phi) is 2.69. The van der Waals surface area contributed by atoms with Crippen LogP contribution in [0.4, 0.5) is 0 Å². The summed E-state index contributed by atoms with van der Waals surface area (Å²) in [5.41, 5.74) is 0. The van der Waals surface area contributed by atoms with Crippen molar-refractivity contribution in [2.24, 2.45) is 11.8 Å². The van der Waals surface area contributed by atoms with Gasteiger partial charge in [-0.05, 0) is 31.1 Å². The van der Waals surface area contributed by atoms with Crippen LogP contribution in [0.15, 0.2) is 0 Å². The molecule has 0 radical (unpaired) electrons. The second-order valence-electron chi connectivity index (χ2n) is 4.64. The molecule has 0 bridgehead atoms. The van der Waals surface area contributed by atoms with Crippen molar-refractivity contribution in [1.29, 1.82) is 0 Å². The molecule has 70 valence electrons. The molecule has 0 aliphatic heterocycles. The molecule has 12 heavy (non-hydrogen) atoms. The molecule has 0 spiro atoms. The van der Waals surface area contributed by atoms with Gasteiger partial charge in [-0.3, -0.25) is 0 Å². The SMILES string of the molecule is OC(CC1CC1)C1CCCCC1. The van der Waals surface area contributed by atoms with E-state index in [4.69, 9.17) is 0 Å². The molecule has 2 saturated carbocycles. The van der Waals surface area contributed by atoms with Crippen LogP contribution in [0.2, 0.25) is 0 Å². The van der Waals surface area contributed by atoms with E-state index in [9.17, 15) is 5.11 Å². The van der Waals surface area contributed by atoms with Gasteiger partial charge in [0.05, 0.1) is 6.10 Å². The second-order valence-corrected chi connectivity index (χ2v) is 4.64. The molecule has 0 amide bonds. The fourth-order valence-corrected chi connectivity index (χ4v) is 2.41. The van der Waals surface area contributed by atoms with Crippen LogP contribution in [-0.4, -0.2) is 11.2 Å². The summed E-state index contributed by atoms with van der Waals surface area (Å²) in [6.07, 6.45) is 10.6.